The zero-order valence-corrected chi connectivity index (χ0v) is 12.2. The maximum Gasteiger partial charge on any atom is 0.254 e. The van der Waals surface area contributed by atoms with Crippen molar-refractivity contribution >= 4 is 17.5 Å². The van der Waals surface area contributed by atoms with Crippen LogP contribution in [-0.4, -0.2) is 30.1 Å². The highest BCUT2D eigenvalue weighted by Gasteiger charge is 2.28. The lowest BCUT2D eigenvalue weighted by Crippen LogP contribution is -2.33. The molecule has 0 unspecified atom stereocenters. The second kappa shape index (κ2) is 5.31. The zero-order valence-electron chi connectivity index (χ0n) is 12.2. The van der Waals surface area contributed by atoms with E-state index in [1.165, 1.54) is 4.90 Å². The van der Waals surface area contributed by atoms with E-state index in [1.807, 2.05) is 18.2 Å². The lowest BCUT2D eigenvalue weighted by Gasteiger charge is -2.15. The van der Waals surface area contributed by atoms with Crippen molar-refractivity contribution in [2.75, 3.05) is 18.7 Å². The number of carbonyl (C=O) groups excluding carboxylic acids is 2. The fourth-order valence-electron chi connectivity index (χ4n) is 2.79. The van der Waals surface area contributed by atoms with E-state index in [0.29, 0.717) is 29.3 Å². The minimum atomic E-state index is -0.245. The number of anilines is 1. The second-order valence-corrected chi connectivity index (χ2v) is 5.43. The molecule has 2 aromatic rings. The van der Waals surface area contributed by atoms with Gasteiger partial charge in [0.05, 0.1) is 0 Å². The number of nitrogens with one attached hydrogen (secondary N) is 1. The van der Waals surface area contributed by atoms with Crippen LogP contribution >= 0.6 is 0 Å². The fourth-order valence-corrected chi connectivity index (χ4v) is 2.79. The van der Waals surface area contributed by atoms with Gasteiger partial charge in [-0.1, -0.05) is 18.2 Å². The third-order valence-electron chi connectivity index (χ3n) is 3.89. The monoisotopic (exact) mass is 310 g/mol. The van der Waals surface area contributed by atoms with Crippen LogP contribution in [0.25, 0.3) is 0 Å². The van der Waals surface area contributed by atoms with Gasteiger partial charge in [-0.15, -0.1) is 0 Å². The number of ether oxygens (including phenoxy) is 2. The van der Waals surface area contributed by atoms with Gasteiger partial charge in [0.2, 0.25) is 12.7 Å². The van der Waals surface area contributed by atoms with Gasteiger partial charge in [-0.25, -0.2) is 0 Å². The normalized spacial score (nSPS) is 14.8. The van der Waals surface area contributed by atoms with E-state index >= 15 is 0 Å². The summed E-state index contributed by atoms with van der Waals surface area (Å²) in [6, 6.07) is 12.6. The number of rotatable bonds is 3. The first kappa shape index (κ1) is 13.6. The smallest absolute Gasteiger partial charge is 0.254 e. The highest BCUT2D eigenvalue weighted by molar-refractivity contribution is 6.02. The number of fused-ring (bicyclic) bond motifs is 2. The van der Waals surface area contributed by atoms with Gasteiger partial charge < -0.3 is 19.7 Å². The molecular formula is C17H14N2O4. The Morgan fingerprint density at radius 3 is 2.83 bits per heavy atom. The van der Waals surface area contributed by atoms with E-state index in [1.54, 1.807) is 24.3 Å². The summed E-state index contributed by atoms with van der Waals surface area (Å²) in [5.74, 6) is 0.909. The number of benzene rings is 2. The van der Waals surface area contributed by atoms with E-state index in [2.05, 4.69) is 5.32 Å². The average Bonchev–Trinajstić information content (AvgIpc) is 3.12. The molecule has 0 saturated heterocycles. The molecule has 0 fully saturated rings. The van der Waals surface area contributed by atoms with Gasteiger partial charge in [-0.3, -0.25) is 9.59 Å². The molecular weight excluding hydrogens is 296 g/mol. The Morgan fingerprint density at radius 1 is 1.13 bits per heavy atom. The van der Waals surface area contributed by atoms with E-state index in [0.717, 1.165) is 5.56 Å². The van der Waals surface area contributed by atoms with Crippen LogP contribution in [-0.2, 0) is 11.3 Å². The average molecular weight is 310 g/mol. The van der Waals surface area contributed by atoms with Crippen molar-refractivity contribution in [1.82, 2.24) is 4.90 Å². The summed E-state index contributed by atoms with van der Waals surface area (Å²) in [5, 5.41) is 2.78. The molecule has 0 radical (unpaired) electrons. The molecule has 1 N–H and O–H groups in total. The maximum absolute atomic E-state index is 12.2. The van der Waals surface area contributed by atoms with Crippen LogP contribution in [0.5, 0.6) is 11.5 Å². The first-order chi connectivity index (χ1) is 11.2. The van der Waals surface area contributed by atoms with Crippen LogP contribution in [0.2, 0.25) is 0 Å². The Kier molecular flexibility index (Phi) is 3.15. The molecule has 2 aliphatic heterocycles. The molecule has 0 saturated carbocycles. The largest absolute Gasteiger partial charge is 0.454 e. The van der Waals surface area contributed by atoms with Crippen molar-refractivity contribution in [3.8, 4) is 11.5 Å². The summed E-state index contributed by atoms with van der Waals surface area (Å²) in [6.07, 6.45) is 0. The molecule has 0 aromatic heterocycles. The number of nitrogens with zero attached hydrogens (tertiary/aromatic N) is 1. The predicted octanol–water partition coefficient (Wildman–Crippen LogP) is 2.01. The highest BCUT2D eigenvalue weighted by atomic mass is 16.7. The molecule has 0 atom stereocenters. The molecule has 0 aliphatic carbocycles. The van der Waals surface area contributed by atoms with Gasteiger partial charge >= 0.3 is 0 Å². The van der Waals surface area contributed by atoms with Gasteiger partial charge in [0.15, 0.2) is 11.5 Å². The molecule has 2 aliphatic rings. The van der Waals surface area contributed by atoms with Crippen LogP contribution in [0.3, 0.4) is 0 Å². The highest BCUT2D eigenvalue weighted by Crippen LogP contribution is 2.34. The van der Waals surface area contributed by atoms with Crippen LogP contribution in [0, 0.1) is 0 Å². The van der Waals surface area contributed by atoms with Gasteiger partial charge in [-0.05, 0) is 23.8 Å². The third kappa shape index (κ3) is 2.48. The first-order valence-electron chi connectivity index (χ1n) is 7.27. The summed E-state index contributed by atoms with van der Waals surface area (Å²) in [5.41, 5.74) is 2.24. The van der Waals surface area contributed by atoms with Gasteiger partial charge in [0, 0.05) is 23.9 Å². The molecule has 116 valence electrons. The molecule has 0 spiro atoms. The summed E-state index contributed by atoms with van der Waals surface area (Å²) in [4.78, 5) is 26.0. The number of amides is 2. The zero-order chi connectivity index (χ0) is 15.8. The molecule has 6 nitrogen and oxygen atoms in total. The second-order valence-electron chi connectivity index (χ2n) is 5.43. The van der Waals surface area contributed by atoms with Crippen LogP contribution in [0.15, 0.2) is 42.5 Å². The Morgan fingerprint density at radius 2 is 1.96 bits per heavy atom. The Hall–Kier alpha value is -3.02. The quantitative estimate of drug-likeness (QED) is 0.941. The van der Waals surface area contributed by atoms with Crippen molar-refractivity contribution in [1.29, 1.82) is 0 Å². The Balaban J connectivity index is 1.42. The number of hydrogen-bond donors (Lipinski definition) is 1. The molecule has 2 amide bonds. The van der Waals surface area contributed by atoms with Crippen LogP contribution < -0.4 is 14.8 Å². The van der Waals surface area contributed by atoms with E-state index in [9.17, 15) is 9.59 Å². The lowest BCUT2D eigenvalue weighted by atomic mass is 10.1. The van der Waals surface area contributed by atoms with Gasteiger partial charge in [-0.2, -0.15) is 0 Å². The summed E-state index contributed by atoms with van der Waals surface area (Å²) in [7, 11) is 0. The SMILES string of the molecule is O=C(CN1Cc2ccccc2C1=O)Nc1ccc2c(c1)OCO2. The van der Waals surface area contributed by atoms with Crippen molar-refractivity contribution in [3.05, 3.63) is 53.6 Å². The molecule has 4 rings (SSSR count). The van der Waals surface area contributed by atoms with Crippen LogP contribution in [0.1, 0.15) is 15.9 Å². The van der Waals surface area contributed by atoms with Crippen molar-refractivity contribution in [2.45, 2.75) is 6.54 Å². The van der Waals surface area contributed by atoms with Gasteiger partial charge in [0.25, 0.3) is 5.91 Å². The van der Waals surface area contributed by atoms with Crippen LogP contribution in [0.4, 0.5) is 5.69 Å². The molecule has 6 heteroatoms. The summed E-state index contributed by atoms with van der Waals surface area (Å²) < 4.78 is 10.5. The molecule has 23 heavy (non-hydrogen) atoms. The maximum atomic E-state index is 12.2. The molecule has 0 bridgehead atoms. The molecule has 2 aromatic carbocycles. The summed E-state index contributed by atoms with van der Waals surface area (Å²) in [6.45, 7) is 0.665. The minimum absolute atomic E-state index is 0.0158. The topological polar surface area (TPSA) is 67.9 Å². The Labute approximate surface area is 132 Å². The van der Waals surface area contributed by atoms with Crippen molar-refractivity contribution in [2.24, 2.45) is 0 Å². The first-order valence-corrected chi connectivity index (χ1v) is 7.27. The van der Waals surface area contributed by atoms with Gasteiger partial charge in [0.1, 0.15) is 6.54 Å². The Bertz CT molecular complexity index is 803. The van der Waals surface area contributed by atoms with E-state index in [-0.39, 0.29) is 25.2 Å². The lowest BCUT2D eigenvalue weighted by molar-refractivity contribution is -0.116. The number of carbonyl (C=O) groups is 2. The van der Waals surface area contributed by atoms with Crippen molar-refractivity contribution in [3.63, 3.8) is 0 Å². The van der Waals surface area contributed by atoms with E-state index < -0.39 is 0 Å². The standard InChI is InChI=1S/C17H14N2O4/c20-16(18-12-5-6-14-15(7-12)23-10-22-14)9-19-8-11-3-1-2-4-13(11)17(19)21/h1-7H,8-10H2,(H,18,20). The predicted molar refractivity (Wildman–Crippen MR) is 82.4 cm³/mol. The third-order valence-corrected chi connectivity index (χ3v) is 3.89. The van der Waals surface area contributed by atoms with E-state index in [4.69, 9.17) is 9.47 Å². The number of hydrogen-bond acceptors (Lipinski definition) is 4. The molecule has 2 heterocycles. The minimum Gasteiger partial charge on any atom is -0.454 e. The fraction of sp³-hybridized carbons (Fsp3) is 0.176. The summed E-state index contributed by atoms with van der Waals surface area (Å²) >= 11 is 0. The van der Waals surface area contributed by atoms with Crippen molar-refractivity contribution < 1.29 is 19.1 Å².